The highest BCUT2D eigenvalue weighted by Gasteiger charge is 2.25. The zero-order valence-corrected chi connectivity index (χ0v) is 27.7. The third kappa shape index (κ3) is 4.98. The summed E-state index contributed by atoms with van der Waals surface area (Å²) in [5.74, 6) is 3.36. The Balaban J connectivity index is 1.17. The van der Waals surface area contributed by atoms with Crippen LogP contribution in [0.1, 0.15) is 0 Å². The molecule has 0 amide bonds. The SMILES string of the molecule is c1ccc(-c2ccc(N(c3ccc4c(c3)Oc3ccccc3-c3ccccc3-4)c3ccc4c(c3)-c3ccccc3Oc3ccccc3-4)cc2)cc1. The van der Waals surface area contributed by atoms with E-state index in [1.165, 1.54) is 16.7 Å². The van der Waals surface area contributed by atoms with Gasteiger partial charge in [0.05, 0.1) is 0 Å². The zero-order valence-electron chi connectivity index (χ0n) is 27.7. The first kappa shape index (κ1) is 29.1. The molecule has 240 valence electrons. The molecule has 10 rings (SSSR count). The minimum absolute atomic E-state index is 0.818. The van der Waals surface area contributed by atoms with E-state index in [0.717, 1.165) is 79.0 Å². The molecule has 0 saturated heterocycles. The molecule has 0 N–H and O–H groups in total. The molecular formula is C48H31NO2. The highest BCUT2D eigenvalue weighted by atomic mass is 16.5. The van der Waals surface area contributed by atoms with Crippen molar-refractivity contribution in [2.75, 3.05) is 4.90 Å². The second kappa shape index (κ2) is 11.9. The fourth-order valence-electron chi connectivity index (χ4n) is 7.49. The summed E-state index contributed by atoms with van der Waals surface area (Å²) in [6, 6.07) is 66.1. The van der Waals surface area contributed by atoms with Crippen molar-refractivity contribution in [2.45, 2.75) is 0 Å². The van der Waals surface area contributed by atoms with Crippen LogP contribution < -0.4 is 14.4 Å². The molecule has 0 radical (unpaired) electrons. The minimum atomic E-state index is 0.818. The lowest BCUT2D eigenvalue weighted by atomic mass is 9.93. The summed E-state index contributed by atoms with van der Waals surface area (Å²) in [4.78, 5) is 2.32. The monoisotopic (exact) mass is 653 g/mol. The predicted molar refractivity (Wildman–Crippen MR) is 208 cm³/mol. The number of fused-ring (bicyclic) bond motifs is 10. The topological polar surface area (TPSA) is 21.7 Å². The van der Waals surface area contributed by atoms with Gasteiger partial charge in [0.25, 0.3) is 0 Å². The fourth-order valence-corrected chi connectivity index (χ4v) is 7.49. The van der Waals surface area contributed by atoms with Gasteiger partial charge >= 0.3 is 0 Å². The number of hydrogen-bond acceptors (Lipinski definition) is 3. The fraction of sp³-hybridized carbons (Fsp3) is 0. The van der Waals surface area contributed by atoms with E-state index >= 15 is 0 Å². The smallest absolute Gasteiger partial charge is 0.137 e. The first-order chi connectivity index (χ1) is 25.3. The Morgan fingerprint density at radius 2 is 0.647 bits per heavy atom. The van der Waals surface area contributed by atoms with Gasteiger partial charge in [-0.15, -0.1) is 0 Å². The maximum absolute atomic E-state index is 6.77. The molecule has 0 bridgehead atoms. The molecule has 0 saturated carbocycles. The molecule has 3 nitrogen and oxygen atoms in total. The molecule has 0 unspecified atom stereocenters. The first-order valence-electron chi connectivity index (χ1n) is 17.3. The number of anilines is 3. The van der Waals surface area contributed by atoms with Gasteiger partial charge in [0.1, 0.15) is 23.0 Å². The summed E-state index contributed by atoms with van der Waals surface area (Å²) in [5.41, 5.74) is 14.3. The standard InChI is InChI=1S/C48H31NO2/c1-2-12-32(13-3-1)33-22-24-34(25-23-33)49(35-26-28-39-41-17-7-9-19-45(41)50-47-21-11-8-18-42(47)44(39)30-35)36-27-29-43-38-15-5-4-14-37(38)40-16-6-10-20-46(40)51-48(43)31-36/h1-31H. The van der Waals surface area contributed by atoms with Crippen molar-refractivity contribution in [3.05, 3.63) is 188 Å². The number of para-hydroxylation sites is 3. The molecule has 0 spiro atoms. The summed E-state index contributed by atoms with van der Waals surface area (Å²) in [6.45, 7) is 0. The van der Waals surface area contributed by atoms with E-state index in [1.807, 2.05) is 30.3 Å². The Hall–Kier alpha value is -6.84. The number of ether oxygens (including phenoxy) is 2. The van der Waals surface area contributed by atoms with Crippen molar-refractivity contribution in [1.82, 2.24) is 0 Å². The van der Waals surface area contributed by atoms with Gasteiger partial charge < -0.3 is 14.4 Å². The quantitative estimate of drug-likeness (QED) is 0.189. The molecule has 8 aromatic rings. The largest absolute Gasteiger partial charge is 0.456 e. The molecule has 2 aliphatic heterocycles. The second-order valence-electron chi connectivity index (χ2n) is 12.9. The van der Waals surface area contributed by atoms with E-state index in [-0.39, 0.29) is 0 Å². The molecule has 2 aliphatic rings. The van der Waals surface area contributed by atoms with Crippen LogP contribution in [0, 0.1) is 0 Å². The Morgan fingerprint density at radius 1 is 0.255 bits per heavy atom. The van der Waals surface area contributed by atoms with E-state index in [0.29, 0.717) is 0 Å². The van der Waals surface area contributed by atoms with Crippen molar-refractivity contribution < 1.29 is 9.47 Å². The average Bonchev–Trinajstić information content (AvgIpc) is 3.43. The maximum atomic E-state index is 6.77. The van der Waals surface area contributed by atoms with Crippen molar-refractivity contribution >= 4 is 17.1 Å². The molecule has 0 fully saturated rings. The number of rotatable bonds is 4. The summed E-state index contributed by atoms with van der Waals surface area (Å²) in [5, 5.41) is 0. The van der Waals surface area contributed by atoms with E-state index in [2.05, 4.69) is 163 Å². The van der Waals surface area contributed by atoms with Gasteiger partial charge in [0, 0.05) is 45.4 Å². The number of hydrogen-bond donors (Lipinski definition) is 0. The van der Waals surface area contributed by atoms with Crippen LogP contribution in [-0.2, 0) is 0 Å². The van der Waals surface area contributed by atoms with Crippen LogP contribution in [0.5, 0.6) is 23.0 Å². The van der Waals surface area contributed by atoms with Crippen LogP contribution in [0.25, 0.3) is 55.6 Å². The third-order valence-corrected chi connectivity index (χ3v) is 9.91. The summed E-state index contributed by atoms with van der Waals surface area (Å²) in [7, 11) is 0. The molecular weight excluding hydrogens is 623 g/mol. The second-order valence-corrected chi connectivity index (χ2v) is 12.9. The van der Waals surface area contributed by atoms with Crippen molar-refractivity contribution in [2.24, 2.45) is 0 Å². The van der Waals surface area contributed by atoms with Gasteiger partial charge in [0.15, 0.2) is 0 Å². The number of nitrogens with zero attached hydrogens (tertiary/aromatic N) is 1. The summed E-state index contributed by atoms with van der Waals surface area (Å²) in [6.07, 6.45) is 0. The van der Waals surface area contributed by atoms with Gasteiger partial charge in [-0.1, -0.05) is 127 Å². The normalized spacial score (nSPS) is 11.8. The zero-order chi connectivity index (χ0) is 33.7. The minimum Gasteiger partial charge on any atom is -0.456 e. The van der Waals surface area contributed by atoms with E-state index in [4.69, 9.17) is 9.47 Å². The van der Waals surface area contributed by atoms with Crippen LogP contribution in [-0.4, -0.2) is 0 Å². The lowest BCUT2D eigenvalue weighted by molar-refractivity contribution is 0.487. The van der Waals surface area contributed by atoms with Gasteiger partial charge in [-0.25, -0.2) is 0 Å². The molecule has 0 atom stereocenters. The van der Waals surface area contributed by atoms with E-state index in [1.54, 1.807) is 0 Å². The van der Waals surface area contributed by atoms with Crippen LogP contribution >= 0.6 is 0 Å². The summed E-state index contributed by atoms with van der Waals surface area (Å²) >= 11 is 0. The lowest BCUT2D eigenvalue weighted by Crippen LogP contribution is -2.10. The highest BCUT2D eigenvalue weighted by Crippen LogP contribution is 2.51. The van der Waals surface area contributed by atoms with Crippen LogP contribution in [0.3, 0.4) is 0 Å². The number of benzene rings is 8. The Kier molecular flexibility index (Phi) is 6.81. The molecule has 0 aliphatic carbocycles. The van der Waals surface area contributed by atoms with Gasteiger partial charge in [-0.3, -0.25) is 0 Å². The Labute approximate surface area is 297 Å². The molecule has 51 heavy (non-hydrogen) atoms. The van der Waals surface area contributed by atoms with E-state index in [9.17, 15) is 0 Å². The van der Waals surface area contributed by atoms with Gasteiger partial charge in [-0.05, 0) is 88.0 Å². The van der Waals surface area contributed by atoms with E-state index < -0.39 is 0 Å². The molecule has 3 heteroatoms. The van der Waals surface area contributed by atoms with Crippen LogP contribution in [0.2, 0.25) is 0 Å². The average molecular weight is 654 g/mol. The van der Waals surface area contributed by atoms with Crippen molar-refractivity contribution in [3.63, 3.8) is 0 Å². The highest BCUT2D eigenvalue weighted by molar-refractivity contribution is 5.95. The Morgan fingerprint density at radius 3 is 1.25 bits per heavy atom. The maximum Gasteiger partial charge on any atom is 0.137 e. The lowest BCUT2D eigenvalue weighted by Gasteiger charge is -2.27. The third-order valence-electron chi connectivity index (χ3n) is 9.91. The van der Waals surface area contributed by atoms with Gasteiger partial charge in [0.2, 0.25) is 0 Å². The molecule has 8 aromatic carbocycles. The van der Waals surface area contributed by atoms with Crippen molar-refractivity contribution in [1.29, 1.82) is 0 Å². The van der Waals surface area contributed by atoms with Crippen LogP contribution in [0.4, 0.5) is 17.1 Å². The van der Waals surface area contributed by atoms with Crippen molar-refractivity contribution in [3.8, 4) is 78.6 Å². The predicted octanol–water partition coefficient (Wildman–Crippen LogP) is 13.7. The Bertz CT molecular complexity index is 2590. The summed E-state index contributed by atoms with van der Waals surface area (Å²) < 4.78 is 13.3. The van der Waals surface area contributed by atoms with Gasteiger partial charge in [-0.2, -0.15) is 0 Å². The molecule has 2 heterocycles. The van der Waals surface area contributed by atoms with Crippen LogP contribution in [0.15, 0.2) is 188 Å². The molecule has 0 aromatic heterocycles. The first-order valence-corrected chi connectivity index (χ1v) is 17.3.